The van der Waals surface area contributed by atoms with Gasteiger partial charge in [-0.05, 0) is 11.1 Å². The Morgan fingerprint density at radius 1 is 1.07 bits per heavy atom. The van der Waals surface area contributed by atoms with Gasteiger partial charge in [0.25, 0.3) is 0 Å². The number of hydrogen-bond donors (Lipinski definition) is 0. The molecule has 4 heteroatoms. The van der Waals surface area contributed by atoms with E-state index < -0.39 is 0 Å². The number of rotatable bonds is 4. The lowest BCUT2D eigenvalue weighted by Crippen LogP contribution is -1.85. The zero-order chi connectivity index (χ0) is 10.2. The van der Waals surface area contributed by atoms with Gasteiger partial charge in [0.15, 0.2) is 0 Å². The Labute approximate surface area is 82.5 Å². The quantitative estimate of drug-likeness (QED) is 0.534. The summed E-state index contributed by atoms with van der Waals surface area (Å²) in [6.45, 7) is 0.615. The van der Waals surface area contributed by atoms with Gasteiger partial charge >= 0.3 is 0 Å². The van der Waals surface area contributed by atoms with E-state index in [9.17, 15) is 9.59 Å². The lowest BCUT2D eigenvalue weighted by Gasteiger charge is -1.98. The summed E-state index contributed by atoms with van der Waals surface area (Å²) in [6, 6.07) is 7.34. The van der Waals surface area contributed by atoms with Crippen LogP contribution in [0.5, 0.6) is 0 Å². The molecule has 0 spiro atoms. The third-order valence-electron chi connectivity index (χ3n) is 1.64. The summed E-state index contributed by atoms with van der Waals surface area (Å²) < 4.78 is 0. The molecule has 0 atom stereocenters. The van der Waals surface area contributed by atoms with Crippen LogP contribution in [0, 0.1) is 0 Å². The van der Waals surface area contributed by atoms with E-state index in [4.69, 9.17) is 0 Å². The van der Waals surface area contributed by atoms with Crippen LogP contribution in [0.2, 0.25) is 0 Å². The van der Waals surface area contributed by atoms with Crippen LogP contribution in [0.1, 0.15) is 12.6 Å². The van der Waals surface area contributed by atoms with Crippen LogP contribution in [-0.2, 0) is 22.7 Å². The lowest BCUT2D eigenvalue weighted by atomic mass is 10.1. The second-order valence-corrected chi connectivity index (χ2v) is 2.63. The molecule has 4 nitrogen and oxygen atoms in total. The Bertz CT molecular complexity index is 372. The molecule has 0 fully saturated rings. The summed E-state index contributed by atoms with van der Waals surface area (Å²) in [5.41, 5.74) is 1.79. The van der Waals surface area contributed by atoms with Crippen molar-refractivity contribution in [3.05, 3.63) is 35.4 Å². The molecular weight excluding hydrogens is 180 g/mol. The summed E-state index contributed by atoms with van der Waals surface area (Å²) in [5.74, 6) is 0. The monoisotopic (exact) mass is 190 g/mol. The predicted molar refractivity (Wildman–Crippen MR) is 52.2 cm³/mol. The lowest BCUT2D eigenvalue weighted by molar-refractivity contribution is 0.562. The summed E-state index contributed by atoms with van der Waals surface area (Å²) in [7, 11) is 0. The number of nitrogens with zero attached hydrogens (tertiary/aromatic N) is 2. The van der Waals surface area contributed by atoms with Gasteiger partial charge in [0.1, 0.15) is 0 Å². The smallest absolute Gasteiger partial charge is 0.211 e. The first-order valence-corrected chi connectivity index (χ1v) is 4.02. The Morgan fingerprint density at radius 2 is 1.57 bits per heavy atom. The molecule has 0 aliphatic carbocycles. The molecule has 0 aliphatic rings. The van der Waals surface area contributed by atoms with Crippen LogP contribution < -0.4 is 0 Å². The highest BCUT2D eigenvalue weighted by molar-refractivity contribution is 5.35. The van der Waals surface area contributed by atoms with Crippen LogP contribution in [0.3, 0.4) is 0 Å². The molecule has 14 heavy (non-hydrogen) atoms. The van der Waals surface area contributed by atoms with E-state index in [1.165, 1.54) is 12.2 Å². The number of aliphatic imine (C=N–C) groups is 2. The molecule has 1 aromatic rings. The second kappa shape index (κ2) is 5.60. The maximum absolute atomic E-state index is 9.87. The molecule has 0 heterocycles. The third-order valence-corrected chi connectivity index (χ3v) is 1.64. The minimum Gasteiger partial charge on any atom is -0.211 e. The van der Waals surface area contributed by atoms with Gasteiger partial charge in [-0.3, -0.25) is 0 Å². The molecule has 0 unspecified atom stereocenters. The number of benzene rings is 1. The van der Waals surface area contributed by atoms with Gasteiger partial charge in [-0.15, -0.1) is 0 Å². The molecular formula is C10H10N2O2. The molecule has 0 bridgehead atoms. The van der Waals surface area contributed by atoms with Crippen molar-refractivity contribution in [1.29, 1.82) is 0 Å². The van der Waals surface area contributed by atoms with E-state index in [-0.39, 0.29) is 1.43 Å². The molecule has 0 amide bonds. The molecule has 1 aromatic carbocycles. The highest BCUT2D eigenvalue weighted by Gasteiger charge is 1.94. The third kappa shape index (κ3) is 3.15. The van der Waals surface area contributed by atoms with Gasteiger partial charge in [-0.2, -0.15) is 0 Å². The number of hydrogen-bond acceptors (Lipinski definition) is 4. The first kappa shape index (κ1) is 10.1. The van der Waals surface area contributed by atoms with Gasteiger partial charge in [-0.1, -0.05) is 24.3 Å². The summed E-state index contributed by atoms with van der Waals surface area (Å²) in [5, 5.41) is 0. The van der Waals surface area contributed by atoms with Gasteiger partial charge < -0.3 is 0 Å². The summed E-state index contributed by atoms with van der Waals surface area (Å²) in [4.78, 5) is 26.6. The zero-order valence-corrected chi connectivity index (χ0v) is 7.43. The fraction of sp³-hybridized carbons (Fsp3) is 0.200. The van der Waals surface area contributed by atoms with Gasteiger partial charge in [0.05, 0.1) is 13.1 Å². The number of isocyanates is 2. The maximum atomic E-state index is 9.87. The molecule has 0 saturated carbocycles. The fourth-order valence-electron chi connectivity index (χ4n) is 1.07. The highest BCUT2D eigenvalue weighted by atomic mass is 16.1. The van der Waals surface area contributed by atoms with Gasteiger partial charge in [0, 0.05) is 1.43 Å². The minimum absolute atomic E-state index is 0. The molecule has 0 saturated heterocycles. The van der Waals surface area contributed by atoms with Crippen molar-refractivity contribution >= 4 is 12.2 Å². The van der Waals surface area contributed by atoms with Crippen molar-refractivity contribution in [3.8, 4) is 0 Å². The first-order chi connectivity index (χ1) is 6.86. The van der Waals surface area contributed by atoms with Crippen LogP contribution in [-0.4, -0.2) is 12.2 Å². The van der Waals surface area contributed by atoms with E-state index >= 15 is 0 Å². The highest BCUT2D eigenvalue weighted by Crippen LogP contribution is 2.07. The van der Waals surface area contributed by atoms with Crippen LogP contribution >= 0.6 is 0 Å². The topological polar surface area (TPSA) is 58.9 Å². The second-order valence-electron chi connectivity index (χ2n) is 2.63. The zero-order valence-electron chi connectivity index (χ0n) is 7.43. The van der Waals surface area contributed by atoms with Crippen LogP contribution in [0.25, 0.3) is 0 Å². The van der Waals surface area contributed by atoms with Crippen molar-refractivity contribution in [1.82, 2.24) is 0 Å². The van der Waals surface area contributed by atoms with E-state index in [2.05, 4.69) is 9.98 Å². The molecule has 0 aromatic heterocycles. The predicted octanol–water partition coefficient (Wildman–Crippen LogP) is 1.60. The Hall–Kier alpha value is -2.02. The molecule has 0 N–H and O–H groups in total. The molecule has 0 aliphatic heterocycles. The van der Waals surface area contributed by atoms with Crippen molar-refractivity contribution in [2.24, 2.45) is 9.98 Å². The number of carbonyl (C=O) groups excluding carboxylic acids is 2. The van der Waals surface area contributed by atoms with Crippen LogP contribution in [0.4, 0.5) is 0 Å². The van der Waals surface area contributed by atoms with E-state index in [0.717, 1.165) is 11.1 Å². The summed E-state index contributed by atoms with van der Waals surface area (Å²) >= 11 is 0. The molecule has 1 rings (SSSR count). The Morgan fingerprint density at radius 3 is 2.00 bits per heavy atom. The average molecular weight is 190 g/mol. The summed E-state index contributed by atoms with van der Waals surface area (Å²) in [6.07, 6.45) is 2.94. The van der Waals surface area contributed by atoms with Crippen molar-refractivity contribution in [2.45, 2.75) is 13.1 Å². The standard InChI is InChI=1S/C10H8N2O2.H2/c13-7-11-5-9-2-1-3-10(4-9)6-12-8-14;/h1-4H,5-6H2;1H. The molecule has 72 valence electrons. The van der Waals surface area contributed by atoms with Crippen molar-refractivity contribution in [2.75, 3.05) is 0 Å². The SMILES string of the molecule is O=C=NCc1cccc(CN=C=O)c1.[HH]. The van der Waals surface area contributed by atoms with Crippen molar-refractivity contribution < 1.29 is 11.0 Å². The first-order valence-electron chi connectivity index (χ1n) is 4.02. The normalized spacial score (nSPS) is 8.57. The van der Waals surface area contributed by atoms with E-state index in [1.54, 1.807) is 0 Å². The average Bonchev–Trinajstić information content (AvgIpc) is 2.24. The van der Waals surface area contributed by atoms with Crippen LogP contribution in [0.15, 0.2) is 34.3 Å². The Balaban J connectivity index is 0.00000196. The fourth-order valence-corrected chi connectivity index (χ4v) is 1.07. The molecule has 0 radical (unpaired) electrons. The van der Waals surface area contributed by atoms with E-state index in [0.29, 0.717) is 13.1 Å². The van der Waals surface area contributed by atoms with E-state index in [1.807, 2.05) is 24.3 Å². The van der Waals surface area contributed by atoms with Gasteiger partial charge in [-0.25, -0.2) is 19.6 Å². The largest absolute Gasteiger partial charge is 0.235 e. The maximum Gasteiger partial charge on any atom is 0.235 e. The Kier molecular flexibility index (Phi) is 4.02. The van der Waals surface area contributed by atoms with Gasteiger partial charge in [0.2, 0.25) is 12.2 Å². The minimum atomic E-state index is 0. The van der Waals surface area contributed by atoms with Crippen molar-refractivity contribution in [3.63, 3.8) is 0 Å².